The van der Waals surface area contributed by atoms with Crippen molar-refractivity contribution in [3.63, 3.8) is 0 Å². The molecule has 1 heterocycles. The van der Waals surface area contributed by atoms with Crippen LogP contribution in [0.4, 0.5) is 10.8 Å². The van der Waals surface area contributed by atoms with Crippen LogP contribution in [0.25, 0.3) is 11.3 Å². The van der Waals surface area contributed by atoms with Gasteiger partial charge in [0.2, 0.25) is 5.91 Å². The van der Waals surface area contributed by atoms with Gasteiger partial charge in [-0.1, -0.05) is 82.7 Å². The Hall–Kier alpha value is -3.92. The zero-order valence-corrected chi connectivity index (χ0v) is 24.3. The molecule has 0 saturated heterocycles. The maximum absolute atomic E-state index is 13.5. The van der Waals surface area contributed by atoms with Crippen LogP contribution >= 0.6 is 39.0 Å². The van der Waals surface area contributed by atoms with Crippen molar-refractivity contribution in [2.45, 2.75) is 10.1 Å². The second-order valence-electron chi connectivity index (χ2n) is 8.62. The molecule has 5 aromatic rings. The van der Waals surface area contributed by atoms with Gasteiger partial charge in [-0.15, -0.1) is 23.1 Å². The number of hydrogen-bond acceptors (Lipinski definition) is 6. The van der Waals surface area contributed by atoms with Crippen LogP contribution in [0.3, 0.4) is 0 Å². The molecule has 6 nitrogen and oxygen atoms in total. The third-order valence-corrected chi connectivity index (χ3v) is 8.23. The minimum atomic E-state index is -0.534. The summed E-state index contributed by atoms with van der Waals surface area (Å²) < 4.78 is 6.53. The van der Waals surface area contributed by atoms with Crippen LogP contribution in [-0.4, -0.2) is 23.4 Å². The highest BCUT2D eigenvalue weighted by atomic mass is 79.9. The van der Waals surface area contributed by atoms with E-state index < -0.39 is 5.25 Å². The first kappa shape index (κ1) is 27.6. The van der Waals surface area contributed by atoms with Gasteiger partial charge < -0.3 is 15.4 Å². The van der Waals surface area contributed by atoms with E-state index in [1.807, 2.05) is 96.4 Å². The molecule has 1 aromatic heterocycles. The standard InChI is InChI=1S/C31H24BrN3O3S2/c32-23-16-14-21(15-17-23)27-20-39-31(34-27)35-30(37)29(22-8-3-1-4-9-22)40-26-13-7-10-24(18-26)33-28(36)19-38-25-11-5-2-6-12-25/h1-18,20,29H,19H2,(H,33,36)(H,34,35,37). The van der Waals surface area contributed by atoms with Gasteiger partial charge in [-0.05, 0) is 48.0 Å². The van der Waals surface area contributed by atoms with Crippen molar-refractivity contribution >= 4 is 61.7 Å². The lowest BCUT2D eigenvalue weighted by Gasteiger charge is -2.17. The summed E-state index contributed by atoms with van der Waals surface area (Å²) >= 11 is 6.24. The van der Waals surface area contributed by atoms with E-state index in [4.69, 9.17) is 4.74 Å². The predicted octanol–water partition coefficient (Wildman–Crippen LogP) is 8.06. The van der Waals surface area contributed by atoms with E-state index in [0.717, 1.165) is 26.2 Å². The molecular weight excluding hydrogens is 606 g/mol. The number of aromatic nitrogens is 1. The third kappa shape index (κ3) is 7.59. The molecule has 1 atom stereocenters. The lowest BCUT2D eigenvalue weighted by atomic mass is 10.1. The Balaban J connectivity index is 1.27. The summed E-state index contributed by atoms with van der Waals surface area (Å²) in [6, 6.07) is 34.1. The highest BCUT2D eigenvalue weighted by Crippen LogP contribution is 2.37. The average molecular weight is 631 g/mol. The fourth-order valence-corrected chi connectivity index (χ4v) is 5.87. The second kappa shape index (κ2) is 13.4. The first-order valence-electron chi connectivity index (χ1n) is 12.4. The maximum Gasteiger partial charge on any atom is 0.262 e. The number of carbonyl (C=O) groups excluding carboxylic acids is 2. The molecule has 0 spiro atoms. The minimum absolute atomic E-state index is 0.105. The second-order valence-corrected chi connectivity index (χ2v) is 11.6. The average Bonchev–Trinajstić information content (AvgIpc) is 3.44. The molecule has 2 amide bonds. The molecule has 1 unspecified atom stereocenters. The van der Waals surface area contributed by atoms with Crippen molar-refractivity contribution < 1.29 is 14.3 Å². The molecule has 0 aliphatic carbocycles. The quantitative estimate of drug-likeness (QED) is 0.153. The van der Waals surface area contributed by atoms with E-state index >= 15 is 0 Å². The van der Waals surface area contributed by atoms with Crippen molar-refractivity contribution in [2.75, 3.05) is 17.2 Å². The van der Waals surface area contributed by atoms with Crippen molar-refractivity contribution in [1.29, 1.82) is 0 Å². The normalized spacial score (nSPS) is 11.4. The molecule has 40 heavy (non-hydrogen) atoms. The maximum atomic E-state index is 13.5. The molecule has 0 radical (unpaired) electrons. The number of anilines is 2. The number of halogens is 1. The third-order valence-electron chi connectivity index (χ3n) is 5.70. The molecule has 5 rings (SSSR count). The van der Waals surface area contributed by atoms with Crippen LogP contribution in [0.2, 0.25) is 0 Å². The molecule has 0 saturated carbocycles. The van der Waals surface area contributed by atoms with Crippen molar-refractivity contribution in [1.82, 2.24) is 4.98 Å². The van der Waals surface area contributed by atoms with E-state index in [1.54, 1.807) is 18.2 Å². The molecule has 0 aliphatic rings. The molecule has 200 valence electrons. The van der Waals surface area contributed by atoms with Crippen molar-refractivity contribution in [2.24, 2.45) is 0 Å². The van der Waals surface area contributed by atoms with Gasteiger partial charge in [-0.3, -0.25) is 9.59 Å². The van der Waals surface area contributed by atoms with Crippen LogP contribution < -0.4 is 15.4 Å². The van der Waals surface area contributed by atoms with Gasteiger partial charge in [0.05, 0.1) is 5.69 Å². The predicted molar refractivity (Wildman–Crippen MR) is 166 cm³/mol. The molecular formula is C31H24BrN3O3S2. The lowest BCUT2D eigenvalue weighted by molar-refractivity contribution is -0.118. The summed E-state index contributed by atoms with van der Waals surface area (Å²) in [5, 5.41) is 7.79. The Labute approximate surface area is 249 Å². The van der Waals surface area contributed by atoms with Gasteiger partial charge in [0.15, 0.2) is 11.7 Å². The van der Waals surface area contributed by atoms with Gasteiger partial charge in [-0.2, -0.15) is 0 Å². The fourth-order valence-electron chi connectivity index (χ4n) is 3.80. The van der Waals surface area contributed by atoms with Gasteiger partial charge in [0, 0.05) is 26.0 Å². The zero-order valence-electron chi connectivity index (χ0n) is 21.1. The van der Waals surface area contributed by atoms with Crippen LogP contribution in [0.5, 0.6) is 5.75 Å². The summed E-state index contributed by atoms with van der Waals surface area (Å²) in [4.78, 5) is 31.4. The van der Waals surface area contributed by atoms with Crippen LogP contribution in [-0.2, 0) is 9.59 Å². The molecule has 0 aliphatic heterocycles. The van der Waals surface area contributed by atoms with E-state index in [2.05, 4.69) is 31.5 Å². The van der Waals surface area contributed by atoms with Crippen LogP contribution in [0.1, 0.15) is 10.8 Å². The lowest BCUT2D eigenvalue weighted by Crippen LogP contribution is -2.20. The number of ether oxygens (including phenoxy) is 1. The molecule has 4 aromatic carbocycles. The number of benzene rings is 4. The number of para-hydroxylation sites is 1. The van der Waals surface area contributed by atoms with Gasteiger partial charge in [0.1, 0.15) is 11.0 Å². The Morgan fingerprint density at radius 3 is 2.35 bits per heavy atom. The summed E-state index contributed by atoms with van der Waals surface area (Å²) in [6.07, 6.45) is 0. The number of nitrogens with one attached hydrogen (secondary N) is 2. The number of amides is 2. The Kier molecular flexibility index (Phi) is 9.28. The van der Waals surface area contributed by atoms with E-state index in [-0.39, 0.29) is 18.4 Å². The molecule has 2 N–H and O–H groups in total. The van der Waals surface area contributed by atoms with Crippen LogP contribution in [0.15, 0.2) is 124 Å². The Bertz CT molecular complexity index is 1580. The van der Waals surface area contributed by atoms with Crippen molar-refractivity contribution in [3.05, 3.63) is 125 Å². The summed E-state index contributed by atoms with van der Waals surface area (Å²) in [6.45, 7) is -0.105. The number of carbonyl (C=O) groups is 2. The van der Waals surface area contributed by atoms with Crippen molar-refractivity contribution in [3.8, 4) is 17.0 Å². The smallest absolute Gasteiger partial charge is 0.262 e. The molecule has 0 fully saturated rings. The van der Waals surface area contributed by atoms with Crippen LogP contribution in [0, 0.1) is 0 Å². The summed E-state index contributed by atoms with van der Waals surface area (Å²) in [5.41, 5.74) is 3.26. The first-order valence-corrected chi connectivity index (χ1v) is 14.9. The fraction of sp³-hybridized carbons (Fsp3) is 0.0645. The molecule has 0 bridgehead atoms. The number of thiazole rings is 1. The minimum Gasteiger partial charge on any atom is -0.484 e. The topological polar surface area (TPSA) is 80.3 Å². The van der Waals surface area contributed by atoms with Gasteiger partial charge >= 0.3 is 0 Å². The monoisotopic (exact) mass is 629 g/mol. The number of thioether (sulfide) groups is 1. The Morgan fingerprint density at radius 2 is 1.60 bits per heavy atom. The summed E-state index contributed by atoms with van der Waals surface area (Å²) in [5.74, 6) is 0.176. The van der Waals surface area contributed by atoms with E-state index in [0.29, 0.717) is 16.6 Å². The highest BCUT2D eigenvalue weighted by Gasteiger charge is 2.23. The largest absolute Gasteiger partial charge is 0.484 e. The number of nitrogens with zero attached hydrogens (tertiary/aromatic N) is 1. The Morgan fingerprint density at radius 1 is 0.875 bits per heavy atom. The SMILES string of the molecule is O=C(COc1ccccc1)Nc1cccc(SC(C(=O)Nc2nc(-c3ccc(Br)cc3)cs2)c2ccccc2)c1. The summed E-state index contributed by atoms with van der Waals surface area (Å²) in [7, 11) is 0. The van der Waals surface area contributed by atoms with Gasteiger partial charge in [0.25, 0.3) is 5.91 Å². The first-order chi connectivity index (χ1) is 19.5. The zero-order chi connectivity index (χ0) is 27.7. The molecule has 9 heteroatoms. The number of rotatable bonds is 10. The van der Waals surface area contributed by atoms with Gasteiger partial charge in [-0.25, -0.2) is 4.98 Å². The number of hydrogen-bond donors (Lipinski definition) is 2. The van der Waals surface area contributed by atoms with E-state index in [1.165, 1.54) is 23.1 Å². The highest BCUT2D eigenvalue weighted by molar-refractivity contribution is 9.10. The van der Waals surface area contributed by atoms with E-state index in [9.17, 15) is 9.59 Å².